The highest BCUT2D eigenvalue weighted by atomic mass is 32.1. The Morgan fingerprint density at radius 2 is 1.80 bits per heavy atom. The molecule has 2 aromatic rings. The topological polar surface area (TPSA) is 58.3 Å². The van der Waals surface area contributed by atoms with Crippen molar-refractivity contribution in [2.24, 2.45) is 0 Å². The maximum Gasteiger partial charge on any atom is 0.203 e. The maximum absolute atomic E-state index is 5.62. The van der Waals surface area contributed by atoms with Crippen LogP contribution >= 0.6 is 11.3 Å². The summed E-state index contributed by atoms with van der Waals surface area (Å²) in [7, 11) is 2.18. The number of rotatable bonds is 3. The molecule has 20 heavy (non-hydrogen) atoms. The van der Waals surface area contributed by atoms with Crippen LogP contribution < -0.4 is 5.73 Å². The Morgan fingerprint density at radius 1 is 1.10 bits per heavy atom. The Bertz CT molecular complexity index is 557. The minimum Gasteiger partial charge on any atom is -0.374 e. The van der Waals surface area contributed by atoms with Crippen molar-refractivity contribution in [1.29, 1.82) is 0 Å². The summed E-state index contributed by atoms with van der Waals surface area (Å²) in [5, 5.41) is 9.32. The molecule has 0 radical (unpaired) electrons. The van der Waals surface area contributed by atoms with Gasteiger partial charge >= 0.3 is 0 Å². The number of benzene rings is 1. The molecule has 0 spiro atoms. The molecule has 3 rings (SSSR count). The Kier molecular flexibility index (Phi) is 3.95. The van der Waals surface area contributed by atoms with Crippen molar-refractivity contribution in [1.82, 2.24) is 20.0 Å². The number of likely N-dealkylation sites (N-methyl/N-ethyl adjacent to an activating group) is 1. The molecule has 0 unspecified atom stereocenters. The average molecular weight is 289 g/mol. The summed E-state index contributed by atoms with van der Waals surface area (Å²) in [5.74, 6) is 0. The summed E-state index contributed by atoms with van der Waals surface area (Å²) in [6, 6.07) is 8.55. The van der Waals surface area contributed by atoms with Gasteiger partial charge in [0.2, 0.25) is 5.13 Å². The zero-order chi connectivity index (χ0) is 13.9. The lowest BCUT2D eigenvalue weighted by Gasteiger charge is -2.32. The molecule has 5 nitrogen and oxygen atoms in total. The normalized spacial score (nSPS) is 17.4. The molecule has 1 aliphatic rings. The van der Waals surface area contributed by atoms with E-state index < -0.39 is 0 Å². The van der Waals surface area contributed by atoms with Gasteiger partial charge in [0, 0.05) is 38.3 Å². The number of nitrogens with zero attached hydrogens (tertiary/aromatic N) is 4. The second kappa shape index (κ2) is 5.87. The first-order chi connectivity index (χ1) is 9.70. The van der Waals surface area contributed by atoms with Crippen LogP contribution in [0.3, 0.4) is 0 Å². The average Bonchev–Trinajstić information content (AvgIpc) is 2.89. The fourth-order valence-electron chi connectivity index (χ4n) is 2.37. The Labute approximate surface area is 123 Å². The SMILES string of the molecule is CN1CCN(Cc2ccc(-c3nnc(N)s3)cc2)CC1. The van der Waals surface area contributed by atoms with Gasteiger partial charge in [-0.15, -0.1) is 10.2 Å². The highest BCUT2D eigenvalue weighted by Crippen LogP contribution is 2.25. The van der Waals surface area contributed by atoms with Gasteiger partial charge in [-0.25, -0.2) is 0 Å². The maximum atomic E-state index is 5.62. The summed E-state index contributed by atoms with van der Waals surface area (Å²) in [5.41, 5.74) is 8.04. The molecule has 2 heterocycles. The van der Waals surface area contributed by atoms with E-state index in [2.05, 4.69) is 51.3 Å². The van der Waals surface area contributed by atoms with Crippen molar-refractivity contribution < 1.29 is 0 Å². The fraction of sp³-hybridized carbons (Fsp3) is 0.429. The first-order valence-electron chi connectivity index (χ1n) is 6.80. The largest absolute Gasteiger partial charge is 0.374 e. The molecule has 2 N–H and O–H groups in total. The predicted octanol–water partition coefficient (Wildman–Crippen LogP) is 1.53. The quantitative estimate of drug-likeness (QED) is 0.928. The second-order valence-electron chi connectivity index (χ2n) is 5.22. The Morgan fingerprint density at radius 3 is 2.40 bits per heavy atom. The molecule has 1 saturated heterocycles. The van der Waals surface area contributed by atoms with E-state index in [0.717, 1.165) is 43.3 Å². The van der Waals surface area contributed by atoms with Crippen molar-refractivity contribution in [3.05, 3.63) is 29.8 Å². The van der Waals surface area contributed by atoms with Gasteiger partial charge in [-0.3, -0.25) is 4.90 Å². The van der Waals surface area contributed by atoms with E-state index in [4.69, 9.17) is 5.73 Å². The van der Waals surface area contributed by atoms with Gasteiger partial charge in [0.25, 0.3) is 0 Å². The lowest BCUT2D eigenvalue weighted by molar-refractivity contribution is 0.148. The number of nitrogen functional groups attached to an aromatic ring is 1. The van der Waals surface area contributed by atoms with Crippen LogP contribution in [0.1, 0.15) is 5.56 Å². The van der Waals surface area contributed by atoms with Gasteiger partial charge in [0.05, 0.1) is 0 Å². The molecule has 1 aromatic carbocycles. The third-order valence-corrected chi connectivity index (χ3v) is 4.45. The zero-order valence-corrected chi connectivity index (χ0v) is 12.4. The van der Waals surface area contributed by atoms with Crippen LogP contribution in [0.15, 0.2) is 24.3 Å². The van der Waals surface area contributed by atoms with E-state index in [-0.39, 0.29) is 0 Å². The number of aromatic nitrogens is 2. The summed E-state index contributed by atoms with van der Waals surface area (Å²) >= 11 is 1.42. The second-order valence-corrected chi connectivity index (χ2v) is 6.23. The van der Waals surface area contributed by atoms with E-state index >= 15 is 0 Å². The van der Waals surface area contributed by atoms with Crippen LogP contribution in [-0.4, -0.2) is 53.2 Å². The monoisotopic (exact) mass is 289 g/mol. The molecule has 1 fully saturated rings. The van der Waals surface area contributed by atoms with E-state index in [1.807, 2.05) is 0 Å². The van der Waals surface area contributed by atoms with Crippen LogP contribution in [0.25, 0.3) is 10.6 Å². The summed E-state index contributed by atoms with van der Waals surface area (Å²) in [6.45, 7) is 5.62. The summed E-state index contributed by atoms with van der Waals surface area (Å²) in [6.07, 6.45) is 0. The third-order valence-electron chi connectivity index (χ3n) is 3.64. The standard InChI is InChI=1S/C14H19N5S/c1-18-6-8-19(9-7-18)10-11-2-4-12(5-3-11)13-16-17-14(15)20-13/h2-5H,6-10H2,1H3,(H2,15,17). The van der Waals surface area contributed by atoms with Gasteiger partial charge in [-0.05, 0) is 12.6 Å². The van der Waals surface area contributed by atoms with Gasteiger partial charge in [-0.2, -0.15) is 0 Å². The molecule has 0 atom stereocenters. The number of nitrogens with two attached hydrogens (primary N) is 1. The first kappa shape index (κ1) is 13.5. The van der Waals surface area contributed by atoms with E-state index in [1.165, 1.54) is 16.9 Å². The summed E-state index contributed by atoms with van der Waals surface area (Å²) in [4.78, 5) is 4.87. The predicted molar refractivity (Wildman–Crippen MR) is 82.5 cm³/mol. The molecule has 0 aliphatic carbocycles. The van der Waals surface area contributed by atoms with Crippen molar-refractivity contribution >= 4 is 16.5 Å². The van der Waals surface area contributed by atoms with Crippen molar-refractivity contribution in [3.8, 4) is 10.6 Å². The number of hydrogen-bond donors (Lipinski definition) is 1. The lowest BCUT2D eigenvalue weighted by Crippen LogP contribution is -2.43. The van der Waals surface area contributed by atoms with Gasteiger partial charge in [0.15, 0.2) is 0 Å². The van der Waals surface area contributed by atoms with Crippen molar-refractivity contribution in [2.45, 2.75) is 6.54 Å². The van der Waals surface area contributed by atoms with Crippen LogP contribution in [0, 0.1) is 0 Å². The Balaban J connectivity index is 1.64. The van der Waals surface area contributed by atoms with E-state index in [1.54, 1.807) is 0 Å². The smallest absolute Gasteiger partial charge is 0.203 e. The zero-order valence-electron chi connectivity index (χ0n) is 11.6. The van der Waals surface area contributed by atoms with Gasteiger partial charge in [0.1, 0.15) is 5.01 Å². The number of anilines is 1. The van der Waals surface area contributed by atoms with E-state index in [9.17, 15) is 0 Å². The Hall–Kier alpha value is -1.50. The summed E-state index contributed by atoms with van der Waals surface area (Å²) < 4.78 is 0. The van der Waals surface area contributed by atoms with Crippen LogP contribution in [0.2, 0.25) is 0 Å². The molecule has 1 aliphatic heterocycles. The highest BCUT2D eigenvalue weighted by molar-refractivity contribution is 7.18. The van der Waals surface area contributed by atoms with Crippen LogP contribution in [-0.2, 0) is 6.54 Å². The lowest BCUT2D eigenvalue weighted by atomic mass is 10.1. The molecule has 6 heteroatoms. The van der Waals surface area contributed by atoms with Gasteiger partial charge < -0.3 is 10.6 Å². The molecular formula is C14H19N5S. The van der Waals surface area contributed by atoms with Crippen molar-refractivity contribution in [2.75, 3.05) is 39.0 Å². The molecule has 0 bridgehead atoms. The van der Waals surface area contributed by atoms with Crippen molar-refractivity contribution in [3.63, 3.8) is 0 Å². The van der Waals surface area contributed by atoms with Crippen LogP contribution in [0.4, 0.5) is 5.13 Å². The fourth-order valence-corrected chi connectivity index (χ4v) is 2.98. The minimum atomic E-state index is 0.515. The molecule has 0 saturated carbocycles. The van der Waals surface area contributed by atoms with Crippen LogP contribution in [0.5, 0.6) is 0 Å². The highest BCUT2D eigenvalue weighted by Gasteiger charge is 2.13. The molecule has 1 aromatic heterocycles. The number of hydrogen-bond acceptors (Lipinski definition) is 6. The number of piperazine rings is 1. The molecule has 106 valence electrons. The first-order valence-corrected chi connectivity index (χ1v) is 7.61. The molecule has 0 amide bonds. The van der Waals surface area contributed by atoms with E-state index in [0.29, 0.717) is 5.13 Å². The minimum absolute atomic E-state index is 0.515. The van der Waals surface area contributed by atoms with Gasteiger partial charge in [-0.1, -0.05) is 35.6 Å². The molecular weight excluding hydrogens is 270 g/mol. The third kappa shape index (κ3) is 3.15.